The van der Waals surface area contributed by atoms with Crippen LogP contribution in [0.15, 0.2) is 346 Å². The van der Waals surface area contributed by atoms with Gasteiger partial charge in [0, 0.05) is 99.6 Å². The molecule has 6 heterocycles. The van der Waals surface area contributed by atoms with Gasteiger partial charge < -0.3 is 9.13 Å². The third-order valence-corrected chi connectivity index (χ3v) is 20.9. The Labute approximate surface area is 668 Å². The van der Waals surface area contributed by atoms with Crippen molar-refractivity contribution in [1.29, 1.82) is 0 Å². The zero-order valence-electron chi connectivity index (χ0n) is 62.3. The predicted octanol–water partition coefficient (Wildman–Crippen LogP) is 24.2. The predicted molar refractivity (Wildman–Crippen MR) is 455 cm³/mol. The summed E-state index contributed by atoms with van der Waals surface area (Å²) in [7, 11) is 0. The summed E-state index contributed by atoms with van der Waals surface area (Å²) in [6.45, 7) is 11.2. The number of rotatable bonds is 15. The van der Waals surface area contributed by atoms with E-state index in [1.54, 1.807) is 6.92 Å². The lowest BCUT2D eigenvalue weighted by molar-refractivity contribution is -0.137. The minimum absolute atomic E-state index is 0.225. The fraction of sp³-hybridized carbons (Fsp3) is 0.0202. The molecule has 0 atom stereocenters. The number of hydrogen-bond acceptors (Lipinski definition) is 12. The second-order valence-corrected chi connectivity index (χ2v) is 28.2. The maximum Gasteiger partial charge on any atom is 0.416 e. The third kappa shape index (κ3) is 13.3. The SMILES string of the molecule is [C-]#[N+]c1cc(-n2c3ccc(-c4nc(-c5ccccc5)nc(-c5ccccc5)n4)cc3c3cc(-c4nc(-c5ccccc5)nc(-c5ccccc5)n4)ccc32)c(-c2ccc(C(F)(F)F)cc2C)cc1-n1c2ccc(-c3nc(-c4ccccc4)nc(-c4ccccc4)n3)cc2c2cc(-c3nc(-c4ccccc4)nc(-c4ccccc4)n3)ccc21. The topological polar surface area (TPSA) is 169 Å². The lowest BCUT2D eigenvalue weighted by Gasteiger charge is -2.21. The highest BCUT2D eigenvalue weighted by atomic mass is 19.4. The van der Waals surface area contributed by atoms with Crippen LogP contribution in [0.4, 0.5) is 18.9 Å². The van der Waals surface area contributed by atoms with Gasteiger partial charge in [0.25, 0.3) is 0 Å². The zero-order valence-corrected chi connectivity index (χ0v) is 62.3. The van der Waals surface area contributed by atoms with Crippen LogP contribution in [0.2, 0.25) is 0 Å². The number of hydrogen-bond donors (Lipinski definition) is 0. The Kier molecular flexibility index (Phi) is 17.5. The molecule has 0 N–H and O–H groups in total. The molecule has 552 valence electrons. The summed E-state index contributed by atoms with van der Waals surface area (Å²) in [6, 6.07) is 110. The number of nitrogens with zero attached hydrogens (tertiary/aromatic N) is 15. The molecule has 117 heavy (non-hydrogen) atoms. The summed E-state index contributed by atoms with van der Waals surface area (Å²) in [6.07, 6.45) is -4.67. The molecular formula is C99H60F3N15. The van der Waals surface area contributed by atoms with Crippen LogP contribution in [0.3, 0.4) is 0 Å². The van der Waals surface area contributed by atoms with Crippen molar-refractivity contribution in [1.82, 2.24) is 68.9 Å². The largest absolute Gasteiger partial charge is 0.416 e. The molecule has 0 aliphatic rings. The molecule has 0 bridgehead atoms. The van der Waals surface area contributed by atoms with Crippen molar-refractivity contribution in [3.05, 3.63) is 368 Å². The van der Waals surface area contributed by atoms with Gasteiger partial charge in [0.2, 0.25) is 5.69 Å². The molecule has 15 nitrogen and oxygen atoms in total. The average molecular weight is 1520 g/mol. The lowest BCUT2D eigenvalue weighted by Crippen LogP contribution is -2.06. The summed E-state index contributed by atoms with van der Waals surface area (Å²) in [5.74, 6) is 5.49. The van der Waals surface area contributed by atoms with Crippen molar-refractivity contribution in [2.45, 2.75) is 13.1 Å². The van der Waals surface area contributed by atoms with Gasteiger partial charge in [-0.3, -0.25) is 0 Å². The molecule has 6 aromatic heterocycles. The van der Waals surface area contributed by atoms with E-state index in [0.29, 0.717) is 142 Å². The first-order valence-electron chi connectivity index (χ1n) is 37.9. The van der Waals surface area contributed by atoms with Gasteiger partial charge in [-0.05, 0) is 115 Å². The molecule has 0 saturated carbocycles. The van der Waals surface area contributed by atoms with Gasteiger partial charge >= 0.3 is 6.18 Å². The Balaban J connectivity index is 0.847. The van der Waals surface area contributed by atoms with Gasteiger partial charge in [-0.25, -0.2) is 64.7 Å². The minimum atomic E-state index is -4.67. The summed E-state index contributed by atoms with van der Waals surface area (Å²) in [5, 5.41) is 3.01. The van der Waals surface area contributed by atoms with E-state index in [1.807, 2.05) is 303 Å². The highest BCUT2D eigenvalue weighted by molar-refractivity contribution is 6.14. The zero-order chi connectivity index (χ0) is 78.7. The minimum Gasteiger partial charge on any atom is -0.319 e. The van der Waals surface area contributed by atoms with Gasteiger partial charge in [0.1, 0.15) is 0 Å². The highest BCUT2D eigenvalue weighted by Gasteiger charge is 2.32. The van der Waals surface area contributed by atoms with Crippen molar-refractivity contribution in [3.63, 3.8) is 0 Å². The Bertz CT molecular complexity index is 6690. The number of aromatic nitrogens is 14. The molecule has 0 fully saturated rings. The number of halogens is 3. The molecule has 0 radical (unpaired) electrons. The van der Waals surface area contributed by atoms with E-state index in [-0.39, 0.29) is 5.69 Å². The fourth-order valence-corrected chi connectivity index (χ4v) is 15.3. The average Bonchev–Trinajstić information content (AvgIpc) is 1.58. The molecule has 0 aliphatic carbocycles. The molecule has 20 rings (SSSR count). The van der Waals surface area contributed by atoms with Gasteiger partial charge in [-0.2, -0.15) is 13.2 Å². The normalized spacial score (nSPS) is 11.6. The molecule has 0 spiro atoms. The summed E-state index contributed by atoms with van der Waals surface area (Å²) < 4.78 is 49.5. The first-order chi connectivity index (χ1) is 57.4. The fourth-order valence-electron chi connectivity index (χ4n) is 15.3. The van der Waals surface area contributed by atoms with Crippen LogP contribution in [0.25, 0.3) is 208 Å². The maximum absolute atomic E-state index is 15.1. The molecule has 18 heteroatoms. The Morgan fingerprint density at radius 2 is 0.470 bits per heavy atom. The molecule has 0 saturated heterocycles. The number of alkyl halides is 3. The van der Waals surface area contributed by atoms with Gasteiger partial charge in [-0.15, -0.1) is 0 Å². The second-order valence-electron chi connectivity index (χ2n) is 28.2. The molecule has 0 aliphatic heterocycles. The highest BCUT2D eigenvalue weighted by Crippen LogP contribution is 2.47. The van der Waals surface area contributed by atoms with E-state index in [2.05, 4.69) is 38.2 Å². The molecular weight excluding hydrogens is 1460 g/mol. The number of benzene rings is 14. The van der Waals surface area contributed by atoms with Crippen LogP contribution >= 0.6 is 0 Å². The number of aryl methyl sites for hydroxylation is 1. The van der Waals surface area contributed by atoms with E-state index in [1.165, 1.54) is 12.1 Å². The summed E-state index contributed by atoms with van der Waals surface area (Å²) in [5.41, 5.74) is 13.6. The summed E-state index contributed by atoms with van der Waals surface area (Å²) >= 11 is 0. The van der Waals surface area contributed by atoms with E-state index in [4.69, 9.17) is 59.8 Å². The molecule has 0 unspecified atom stereocenters. The monoisotopic (exact) mass is 1520 g/mol. The number of fused-ring (bicyclic) bond motifs is 6. The van der Waals surface area contributed by atoms with E-state index >= 15 is 13.2 Å². The lowest BCUT2D eigenvalue weighted by atomic mass is 9.95. The van der Waals surface area contributed by atoms with E-state index in [9.17, 15) is 6.57 Å². The van der Waals surface area contributed by atoms with Gasteiger partial charge in [0.15, 0.2) is 69.9 Å². The van der Waals surface area contributed by atoms with Crippen molar-refractivity contribution in [2.75, 3.05) is 0 Å². The Morgan fingerprint density at radius 1 is 0.239 bits per heavy atom. The molecule has 0 amide bonds. The van der Waals surface area contributed by atoms with Crippen molar-refractivity contribution in [2.24, 2.45) is 0 Å². The van der Waals surface area contributed by atoms with Crippen molar-refractivity contribution < 1.29 is 13.2 Å². The van der Waals surface area contributed by atoms with E-state index < -0.39 is 11.7 Å². The smallest absolute Gasteiger partial charge is 0.319 e. The third-order valence-electron chi connectivity index (χ3n) is 20.9. The molecule has 20 aromatic rings. The van der Waals surface area contributed by atoms with Crippen molar-refractivity contribution >= 4 is 49.3 Å². The van der Waals surface area contributed by atoms with Crippen LogP contribution < -0.4 is 0 Å². The van der Waals surface area contributed by atoms with Crippen LogP contribution in [-0.2, 0) is 6.18 Å². The second kappa shape index (κ2) is 29.3. The van der Waals surface area contributed by atoms with Crippen LogP contribution in [0.1, 0.15) is 11.1 Å². The van der Waals surface area contributed by atoms with Gasteiger partial charge in [-0.1, -0.05) is 249 Å². The maximum atomic E-state index is 15.1. The first kappa shape index (κ1) is 70.1. The van der Waals surface area contributed by atoms with E-state index in [0.717, 1.165) is 72.1 Å². The van der Waals surface area contributed by atoms with Crippen molar-refractivity contribution in [3.8, 4) is 159 Å². The van der Waals surface area contributed by atoms with Crippen LogP contribution in [-0.4, -0.2) is 68.9 Å². The Hall–Kier alpha value is -16.0. The van der Waals surface area contributed by atoms with Crippen LogP contribution in [0.5, 0.6) is 0 Å². The Morgan fingerprint density at radius 3 is 0.692 bits per heavy atom. The van der Waals surface area contributed by atoms with Crippen LogP contribution in [0, 0.1) is 13.5 Å². The first-order valence-corrected chi connectivity index (χ1v) is 37.9. The quantitative estimate of drug-likeness (QED) is 0.0892. The standard InChI is InChI=1S/C99H60F3N15/c1-60-53-73(99(100,101)102)47-48-74(60)79-58-86(117-83-51-45-71(97-112-91(65-35-19-7-20-36-65)106-92(113-97)66-37-21-8-22-38-66)56-77(83)78-57-72(46-52-84(78)117)98-114-93(67-39-23-9-24-40-67)107-94(115-98)68-41-25-10-26-42-68)80(103-2)59-85(79)116-81-49-43-69(95-108-87(61-27-11-3-12-28-61)104-88(109-95)62-29-13-4-14-30-62)54-75(81)76-55-70(44-50-82(76)116)96-110-89(63-31-15-5-16-32-63)105-90(111-96)64-33-17-6-18-34-64/h3-59H,1H3. The molecule has 14 aromatic carbocycles. The summed E-state index contributed by atoms with van der Waals surface area (Å²) in [4.78, 5) is 66.1. The van der Waals surface area contributed by atoms with Gasteiger partial charge in [0.05, 0.1) is 39.9 Å².